The van der Waals surface area contributed by atoms with Gasteiger partial charge in [-0.25, -0.2) is 13.8 Å². The van der Waals surface area contributed by atoms with Gasteiger partial charge in [0.2, 0.25) is 0 Å². The quantitative estimate of drug-likeness (QED) is 0.890. The standard InChI is InChI=1S/C13H14F2N2O/c1-8-16-7-11(17(8)3)13(2,18)9-5-4-6-10(14)12(9)15/h4-7,18H,1-3H3. The Balaban J connectivity index is 2.61. The van der Waals surface area contributed by atoms with Crippen LogP contribution in [0.1, 0.15) is 24.0 Å². The first-order valence-electron chi connectivity index (χ1n) is 5.51. The second-order valence-corrected chi connectivity index (χ2v) is 4.42. The van der Waals surface area contributed by atoms with E-state index in [9.17, 15) is 13.9 Å². The first-order valence-corrected chi connectivity index (χ1v) is 5.51. The molecule has 1 unspecified atom stereocenters. The van der Waals surface area contributed by atoms with Gasteiger partial charge in [-0.15, -0.1) is 0 Å². The van der Waals surface area contributed by atoms with Crippen molar-refractivity contribution >= 4 is 0 Å². The number of rotatable bonds is 2. The fourth-order valence-corrected chi connectivity index (χ4v) is 1.97. The number of halogens is 2. The minimum absolute atomic E-state index is 0.106. The molecule has 0 aliphatic rings. The number of imidazole rings is 1. The molecule has 5 heteroatoms. The van der Waals surface area contributed by atoms with Crippen LogP contribution in [0.2, 0.25) is 0 Å². The van der Waals surface area contributed by atoms with Crippen molar-refractivity contribution in [3.63, 3.8) is 0 Å². The van der Waals surface area contributed by atoms with E-state index >= 15 is 0 Å². The Morgan fingerprint density at radius 1 is 1.33 bits per heavy atom. The summed E-state index contributed by atoms with van der Waals surface area (Å²) in [6.45, 7) is 3.18. The van der Waals surface area contributed by atoms with E-state index in [1.807, 2.05) is 0 Å². The molecule has 96 valence electrons. The lowest BCUT2D eigenvalue weighted by Gasteiger charge is -2.25. The highest BCUT2D eigenvalue weighted by molar-refractivity contribution is 5.33. The van der Waals surface area contributed by atoms with E-state index in [0.29, 0.717) is 11.5 Å². The average Bonchev–Trinajstić information content (AvgIpc) is 2.64. The fraction of sp³-hybridized carbons (Fsp3) is 0.308. The zero-order valence-electron chi connectivity index (χ0n) is 10.4. The molecular weight excluding hydrogens is 238 g/mol. The molecule has 0 amide bonds. The van der Waals surface area contributed by atoms with Crippen LogP contribution in [0.3, 0.4) is 0 Å². The van der Waals surface area contributed by atoms with Crippen LogP contribution < -0.4 is 0 Å². The molecule has 0 bridgehead atoms. The van der Waals surface area contributed by atoms with E-state index in [1.54, 1.807) is 18.5 Å². The SMILES string of the molecule is Cc1ncc(C(C)(O)c2cccc(F)c2F)n1C. The maximum Gasteiger partial charge on any atom is 0.165 e. The number of benzene rings is 1. The summed E-state index contributed by atoms with van der Waals surface area (Å²) < 4.78 is 28.6. The van der Waals surface area contributed by atoms with Gasteiger partial charge in [0.15, 0.2) is 11.6 Å². The van der Waals surface area contributed by atoms with E-state index < -0.39 is 17.2 Å². The molecule has 0 radical (unpaired) electrons. The van der Waals surface area contributed by atoms with Crippen molar-refractivity contribution in [1.29, 1.82) is 0 Å². The number of nitrogens with zero attached hydrogens (tertiary/aromatic N) is 2. The second-order valence-electron chi connectivity index (χ2n) is 4.42. The van der Waals surface area contributed by atoms with E-state index in [1.165, 1.54) is 25.3 Å². The van der Waals surface area contributed by atoms with Gasteiger partial charge in [0.05, 0.1) is 11.9 Å². The molecule has 1 atom stereocenters. The van der Waals surface area contributed by atoms with Crippen molar-refractivity contribution in [2.24, 2.45) is 7.05 Å². The highest BCUT2D eigenvalue weighted by Gasteiger charge is 2.33. The molecule has 2 aromatic rings. The summed E-state index contributed by atoms with van der Waals surface area (Å²) >= 11 is 0. The first-order chi connectivity index (χ1) is 8.35. The normalized spacial score (nSPS) is 14.6. The van der Waals surface area contributed by atoms with E-state index in [-0.39, 0.29) is 5.56 Å². The topological polar surface area (TPSA) is 38.1 Å². The third-order valence-electron chi connectivity index (χ3n) is 3.20. The zero-order chi connectivity index (χ0) is 13.5. The minimum Gasteiger partial charge on any atom is -0.379 e. The molecule has 1 N–H and O–H groups in total. The van der Waals surface area contributed by atoms with Gasteiger partial charge in [-0.1, -0.05) is 12.1 Å². The predicted octanol–water partition coefficient (Wildman–Crippen LogP) is 2.26. The fourth-order valence-electron chi connectivity index (χ4n) is 1.97. The van der Waals surface area contributed by atoms with Gasteiger partial charge < -0.3 is 9.67 Å². The van der Waals surface area contributed by atoms with Gasteiger partial charge in [-0.3, -0.25) is 0 Å². The Morgan fingerprint density at radius 3 is 2.56 bits per heavy atom. The molecule has 1 heterocycles. The smallest absolute Gasteiger partial charge is 0.165 e. The van der Waals surface area contributed by atoms with Gasteiger partial charge in [0.1, 0.15) is 11.4 Å². The molecular formula is C13H14F2N2O. The van der Waals surface area contributed by atoms with Crippen molar-refractivity contribution in [3.05, 3.63) is 53.1 Å². The second kappa shape index (κ2) is 4.17. The Labute approximate surface area is 104 Å². The lowest BCUT2D eigenvalue weighted by Crippen LogP contribution is -2.27. The van der Waals surface area contributed by atoms with Crippen molar-refractivity contribution < 1.29 is 13.9 Å². The molecule has 0 saturated carbocycles. The van der Waals surface area contributed by atoms with Crippen LogP contribution in [-0.4, -0.2) is 14.7 Å². The maximum absolute atomic E-state index is 13.8. The number of aromatic nitrogens is 2. The van der Waals surface area contributed by atoms with Gasteiger partial charge >= 0.3 is 0 Å². The number of hydrogen-bond acceptors (Lipinski definition) is 2. The summed E-state index contributed by atoms with van der Waals surface area (Å²) in [5, 5.41) is 10.5. The van der Waals surface area contributed by atoms with Crippen molar-refractivity contribution in [2.45, 2.75) is 19.4 Å². The summed E-state index contributed by atoms with van der Waals surface area (Å²) in [6.07, 6.45) is 1.46. The number of hydrogen-bond donors (Lipinski definition) is 1. The monoisotopic (exact) mass is 252 g/mol. The molecule has 18 heavy (non-hydrogen) atoms. The molecule has 3 nitrogen and oxygen atoms in total. The lowest BCUT2D eigenvalue weighted by molar-refractivity contribution is 0.0889. The first kappa shape index (κ1) is 12.7. The van der Waals surface area contributed by atoms with Gasteiger partial charge in [0, 0.05) is 12.6 Å². The van der Waals surface area contributed by atoms with Gasteiger partial charge in [-0.05, 0) is 19.9 Å². The summed E-state index contributed by atoms with van der Waals surface area (Å²) in [6, 6.07) is 3.75. The summed E-state index contributed by atoms with van der Waals surface area (Å²) in [5.74, 6) is -1.34. The van der Waals surface area contributed by atoms with E-state index in [0.717, 1.165) is 6.07 Å². The number of aryl methyl sites for hydroxylation is 1. The molecule has 0 saturated heterocycles. The Hall–Kier alpha value is -1.75. The summed E-state index contributed by atoms with van der Waals surface area (Å²) in [5.41, 5.74) is -1.34. The Kier molecular flexibility index (Phi) is 2.94. The molecule has 2 rings (SSSR count). The third kappa shape index (κ3) is 1.80. The van der Waals surface area contributed by atoms with Crippen LogP contribution in [0, 0.1) is 18.6 Å². The molecule has 0 aliphatic heterocycles. The van der Waals surface area contributed by atoms with Crippen LogP contribution in [0.25, 0.3) is 0 Å². The summed E-state index contributed by atoms with van der Waals surface area (Å²) in [4.78, 5) is 4.05. The van der Waals surface area contributed by atoms with Gasteiger partial charge in [0.25, 0.3) is 0 Å². The van der Waals surface area contributed by atoms with E-state index in [2.05, 4.69) is 4.98 Å². The van der Waals surface area contributed by atoms with Crippen molar-refractivity contribution in [3.8, 4) is 0 Å². The zero-order valence-corrected chi connectivity index (χ0v) is 10.4. The predicted molar refractivity (Wildman–Crippen MR) is 63.0 cm³/mol. The van der Waals surface area contributed by atoms with Crippen LogP contribution in [0.15, 0.2) is 24.4 Å². The highest BCUT2D eigenvalue weighted by Crippen LogP contribution is 2.31. The Morgan fingerprint density at radius 2 is 2.00 bits per heavy atom. The third-order valence-corrected chi connectivity index (χ3v) is 3.20. The largest absolute Gasteiger partial charge is 0.379 e. The molecule has 0 aliphatic carbocycles. The summed E-state index contributed by atoms with van der Waals surface area (Å²) in [7, 11) is 1.71. The minimum atomic E-state index is -1.64. The van der Waals surface area contributed by atoms with Crippen molar-refractivity contribution in [1.82, 2.24) is 9.55 Å². The van der Waals surface area contributed by atoms with Crippen LogP contribution >= 0.6 is 0 Å². The van der Waals surface area contributed by atoms with Crippen molar-refractivity contribution in [2.75, 3.05) is 0 Å². The maximum atomic E-state index is 13.8. The van der Waals surface area contributed by atoms with Gasteiger partial charge in [-0.2, -0.15) is 0 Å². The molecule has 1 aromatic heterocycles. The molecule has 0 spiro atoms. The molecule has 0 fully saturated rings. The number of aliphatic hydroxyl groups is 1. The Bertz CT molecular complexity index is 591. The average molecular weight is 252 g/mol. The lowest BCUT2D eigenvalue weighted by atomic mass is 9.92. The van der Waals surface area contributed by atoms with Crippen LogP contribution in [0.5, 0.6) is 0 Å². The molecule has 1 aromatic carbocycles. The highest BCUT2D eigenvalue weighted by atomic mass is 19.2. The van der Waals surface area contributed by atoms with Crippen LogP contribution in [0.4, 0.5) is 8.78 Å². The van der Waals surface area contributed by atoms with E-state index in [4.69, 9.17) is 0 Å². The van der Waals surface area contributed by atoms with Crippen LogP contribution in [-0.2, 0) is 12.6 Å².